The van der Waals surface area contributed by atoms with Crippen LogP contribution in [0.15, 0.2) is 23.5 Å². The summed E-state index contributed by atoms with van der Waals surface area (Å²) in [7, 11) is 0. The van der Waals surface area contributed by atoms with Gasteiger partial charge in [-0.25, -0.2) is 15.0 Å². The van der Waals surface area contributed by atoms with Crippen molar-refractivity contribution in [2.75, 3.05) is 17.6 Å². The number of fused-ring (bicyclic) bond motifs is 1. The topological polar surface area (TPSA) is 50.7 Å². The van der Waals surface area contributed by atoms with Crippen LogP contribution in [0.5, 0.6) is 0 Å². The molecule has 0 bridgehead atoms. The van der Waals surface area contributed by atoms with Crippen LogP contribution in [0.3, 0.4) is 0 Å². The minimum Gasteiger partial charge on any atom is -0.369 e. The van der Waals surface area contributed by atoms with Crippen molar-refractivity contribution in [3.8, 4) is 0 Å². The number of pyridine rings is 1. The smallest absolute Gasteiger partial charge is 0.191 e. The van der Waals surface area contributed by atoms with Crippen LogP contribution in [0.25, 0.3) is 11.0 Å². The highest BCUT2D eigenvalue weighted by Crippen LogP contribution is 2.22. The van der Waals surface area contributed by atoms with Gasteiger partial charge >= 0.3 is 0 Å². The van der Waals surface area contributed by atoms with E-state index in [1.165, 1.54) is 19.3 Å². The molecule has 102 valence electrons. The molecule has 0 saturated carbocycles. The van der Waals surface area contributed by atoms with Gasteiger partial charge in [-0.3, -0.25) is 0 Å². The van der Waals surface area contributed by atoms with E-state index >= 15 is 0 Å². The Morgan fingerprint density at radius 1 is 1.21 bits per heavy atom. The lowest BCUT2D eigenvalue weighted by atomic mass is 10.2. The van der Waals surface area contributed by atoms with Gasteiger partial charge in [-0.1, -0.05) is 38.5 Å². The molecule has 0 radical (unpaired) electrons. The van der Waals surface area contributed by atoms with E-state index in [9.17, 15) is 0 Å². The predicted octanol–water partition coefficient (Wildman–Crippen LogP) is 3.74. The summed E-state index contributed by atoms with van der Waals surface area (Å²) in [5, 5.41) is 5.21. The van der Waals surface area contributed by atoms with Gasteiger partial charge in [0.15, 0.2) is 10.8 Å². The number of anilines is 1. The quantitative estimate of drug-likeness (QED) is 0.474. The van der Waals surface area contributed by atoms with Crippen molar-refractivity contribution < 1.29 is 0 Å². The van der Waals surface area contributed by atoms with E-state index in [0.717, 1.165) is 34.3 Å². The summed E-state index contributed by atoms with van der Waals surface area (Å²) >= 11 is 1.65. The van der Waals surface area contributed by atoms with Crippen molar-refractivity contribution in [2.45, 2.75) is 38.3 Å². The van der Waals surface area contributed by atoms with Gasteiger partial charge in [0.05, 0.1) is 5.39 Å². The molecule has 0 atom stereocenters. The van der Waals surface area contributed by atoms with Crippen molar-refractivity contribution >= 4 is 28.6 Å². The third kappa shape index (κ3) is 3.80. The number of thioether (sulfide) groups is 1. The predicted molar refractivity (Wildman–Crippen MR) is 81.7 cm³/mol. The lowest BCUT2D eigenvalue weighted by Crippen LogP contribution is -2.06. The second-order valence-corrected chi connectivity index (χ2v) is 5.53. The summed E-state index contributed by atoms with van der Waals surface area (Å²) in [5.74, 6) is 1.87. The van der Waals surface area contributed by atoms with Crippen LogP contribution in [-0.4, -0.2) is 27.2 Å². The highest BCUT2D eigenvalue weighted by Gasteiger charge is 2.07. The molecule has 0 spiro atoms. The number of nitrogens with zero attached hydrogens (tertiary/aromatic N) is 3. The van der Waals surface area contributed by atoms with Gasteiger partial charge in [0.25, 0.3) is 0 Å². The minimum atomic E-state index is 0.770. The highest BCUT2D eigenvalue weighted by molar-refractivity contribution is 7.99. The fourth-order valence-corrected chi connectivity index (χ4v) is 2.42. The summed E-state index contributed by atoms with van der Waals surface area (Å²) < 4.78 is 0. The highest BCUT2D eigenvalue weighted by atomic mass is 32.2. The number of unbranched alkanes of at least 4 members (excludes halogenated alkanes) is 2. The molecule has 0 saturated heterocycles. The van der Waals surface area contributed by atoms with Crippen LogP contribution in [0.2, 0.25) is 0 Å². The van der Waals surface area contributed by atoms with Crippen molar-refractivity contribution in [1.29, 1.82) is 0 Å². The standard InChI is InChI=1S/C14H20N4S/c1-3-5-6-9-15-12-11-8-7-10-16-13(11)18-14(17-12)19-4-2/h7-8,10H,3-6,9H2,1-2H3,(H,15,16,17,18). The van der Waals surface area contributed by atoms with Crippen molar-refractivity contribution in [1.82, 2.24) is 15.0 Å². The normalized spacial score (nSPS) is 10.8. The number of hydrogen-bond donors (Lipinski definition) is 1. The first kappa shape index (κ1) is 14.1. The number of nitrogens with one attached hydrogen (secondary N) is 1. The Balaban J connectivity index is 2.23. The molecular formula is C14H20N4S. The van der Waals surface area contributed by atoms with Gasteiger partial charge in [0, 0.05) is 12.7 Å². The van der Waals surface area contributed by atoms with Gasteiger partial charge in [0.1, 0.15) is 5.82 Å². The molecule has 2 heterocycles. The van der Waals surface area contributed by atoms with Crippen LogP contribution < -0.4 is 5.32 Å². The molecule has 0 amide bonds. The molecule has 0 aliphatic rings. The third-order valence-corrected chi connectivity index (χ3v) is 3.53. The monoisotopic (exact) mass is 276 g/mol. The summed E-state index contributed by atoms with van der Waals surface area (Å²) in [6, 6.07) is 3.94. The Hall–Kier alpha value is -1.36. The molecule has 19 heavy (non-hydrogen) atoms. The Morgan fingerprint density at radius 2 is 2.11 bits per heavy atom. The maximum atomic E-state index is 4.59. The Kier molecular flexibility index (Phi) is 5.39. The first-order valence-electron chi connectivity index (χ1n) is 6.84. The van der Waals surface area contributed by atoms with Crippen molar-refractivity contribution in [2.24, 2.45) is 0 Å². The molecule has 1 N–H and O–H groups in total. The molecule has 5 heteroatoms. The summed E-state index contributed by atoms with van der Waals surface area (Å²) in [4.78, 5) is 13.4. The zero-order chi connectivity index (χ0) is 13.5. The average molecular weight is 276 g/mol. The lowest BCUT2D eigenvalue weighted by molar-refractivity contribution is 0.741. The summed E-state index contributed by atoms with van der Waals surface area (Å²) in [6.45, 7) is 5.26. The van der Waals surface area contributed by atoms with E-state index in [1.807, 2.05) is 12.1 Å². The first-order valence-corrected chi connectivity index (χ1v) is 7.83. The second-order valence-electron chi connectivity index (χ2n) is 4.30. The fraction of sp³-hybridized carbons (Fsp3) is 0.500. The molecule has 0 aliphatic carbocycles. The number of hydrogen-bond acceptors (Lipinski definition) is 5. The van der Waals surface area contributed by atoms with E-state index in [2.05, 4.69) is 34.1 Å². The molecule has 0 aromatic carbocycles. The first-order chi connectivity index (χ1) is 9.35. The third-order valence-electron chi connectivity index (χ3n) is 2.80. The largest absolute Gasteiger partial charge is 0.369 e. The minimum absolute atomic E-state index is 0.770. The van der Waals surface area contributed by atoms with Gasteiger partial charge in [-0.15, -0.1) is 0 Å². The molecule has 4 nitrogen and oxygen atoms in total. The fourth-order valence-electron chi connectivity index (χ4n) is 1.85. The molecule has 2 aromatic heterocycles. The maximum Gasteiger partial charge on any atom is 0.191 e. The SMILES string of the molecule is CCCCCNc1nc(SCC)nc2ncccc12. The Bertz CT molecular complexity index is 530. The number of rotatable bonds is 7. The Morgan fingerprint density at radius 3 is 2.89 bits per heavy atom. The molecular weight excluding hydrogens is 256 g/mol. The maximum absolute atomic E-state index is 4.59. The van der Waals surface area contributed by atoms with Crippen LogP contribution in [0, 0.1) is 0 Å². The molecule has 0 unspecified atom stereocenters. The van der Waals surface area contributed by atoms with E-state index in [4.69, 9.17) is 0 Å². The number of aromatic nitrogens is 3. The van der Waals surface area contributed by atoms with Crippen LogP contribution in [-0.2, 0) is 0 Å². The van der Waals surface area contributed by atoms with Crippen molar-refractivity contribution in [3.05, 3.63) is 18.3 Å². The molecule has 2 aromatic rings. The summed E-state index contributed by atoms with van der Waals surface area (Å²) in [5.41, 5.74) is 0.770. The van der Waals surface area contributed by atoms with Crippen LogP contribution in [0.4, 0.5) is 5.82 Å². The van der Waals surface area contributed by atoms with Gasteiger partial charge in [-0.2, -0.15) is 0 Å². The molecule has 2 rings (SSSR count). The zero-order valence-corrected chi connectivity index (χ0v) is 12.3. The lowest BCUT2D eigenvalue weighted by Gasteiger charge is -2.09. The average Bonchev–Trinajstić information content (AvgIpc) is 2.44. The summed E-state index contributed by atoms with van der Waals surface area (Å²) in [6.07, 6.45) is 5.41. The van der Waals surface area contributed by atoms with Crippen LogP contribution in [0.1, 0.15) is 33.1 Å². The van der Waals surface area contributed by atoms with E-state index < -0.39 is 0 Å². The van der Waals surface area contributed by atoms with Crippen molar-refractivity contribution in [3.63, 3.8) is 0 Å². The van der Waals surface area contributed by atoms with Gasteiger partial charge < -0.3 is 5.32 Å². The second kappa shape index (κ2) is 7.28. The van der Waals surface area contributed by atoms with E-state index in [1.54, 1.807) is 18.0 Å². The van der Waals surface area contributed by atoms with Gasteiger partial charge in [0.2, 0.25) is 0 Å². The zero-order valence-electron chi connectivity index (χ0n) is 11.5. The molecule has 0 fully saturated rings. The molecule has 0 aliphatic heterocycles. The van der Waals surface area contributed by atoms with E-state index in [0.29, 0.717) is 0 Å². The van der Waals surface area contributed by atoms with Crippen LogP contribution >= 0.6 is 11.8 Å². The Labute approximate surface area is 118 Å². The van der Waals surface area contributed by atoms with E-state index in [-0.39, 0.29) is 0 Å². The van der Waals surface area contributed by atoms with Gasteiger partial charge in [-0.05, 0) is 24.3 Å².